The second kappa shape index (κ2) is 32.3. The van der Waals surface area contributed by atoms with Gasteiger partial charge in [0.1, 0.15) is 18.7 Å². The van der Waals surface area contributed by atoms with Gasteiger partial charge in [-0.1, -0.05) is 20.8 Å². The number of rotatable bonds is 37. The normalized spacial score (nSPS) is 18.9. The first-order chi connectivity index (χ1) is 42.1. The number of esters is 1. The number of benzene rings is 1. The average Bonchev–Trinajstić information content (AvgIpc) is 1.70. The van der Waals surface area contributed by atoms with Gasteiger partial charge in [0.2, 0.25) is 23.6 Å². The molecule has 1 saturated carbocycles. The Morgan fingerprint density at radius 3 is 1.87 bits per heavy atom. The number of anilines is 1. The fourth-order valence-electron chi connectivity index (χ4n) is 10.8. The van der Waals surface area contributed by atoms with Gasteiger partial charge in [0, 0.05) is 48.7 Å². The average molecular weight is 1220 g/mol. The molecule has 5 N–H and O–H groups in total. The zero-order valence-corrected chi connectivity index (χ0v) is 50.0. The fraction of sp³-hybridized carbons (Fsp3) is 0.590. The van der Waals surface area contributed by atoms with Gasteiger partial charge in [-0.15, -0.1) is 0 Å². The van der Waals surface area contributed by atoms with E-state index in [1.54, 1.807) is 49.6 Å². The SMILES string of the molecule is CC[C@@]1(O)C(=O)OCc2c1cc1n(c2=O)Cc2c-1nc1ccc(NC(=O)[C@H](C)NC(=O)[C@@H](NC(=O)CCOCCOCCOCCOCCOCCOCCOCCOCCNC(=O)C3CCC(CN4C(=O)C=CC4=O)CC3)C(C)C)c3c1c2C=CO3. The third-order valence-electron chi connectivity index (χ3n) is 15.7. The number of cyclic esters (lactones) is 1. The van der Waals surface area contributed by atoms with Crippen LogP contribution in [0.25, 0.3) is 28.4 Å². The smallest absolute Gasteiger partial charge is 0.343 e. The van der Waals surface area contributed by atoms with Gasteiger partial charge in [0.15, 0.2) is 11.4 Å². The largest absolute Gasteiger partial charge is 0.462 e. The van der Waals surface area contributed by atoms with Gasteiger partial charge in [-0.3, -0.25) is 38.5 Å². The van der Waals surface area contributed by atoms with Crippen LogP contribution in [0.4, 0.5) is 5.69 Å². The molecule has 474 valence electrons. The van der Waals surface area contributed by atoms with E-state index in [2.05, 4.69) is 21.3 Å². The molecule has 87 heavy (non-hydrogen) atoms. The first kappa shape index (κ1) is 66.0. The Labute approximate surface area is 504 Å². The predicted octanol–water partition coefficient (Wildman–Crippen LogP) is 2.40. The number of nitrogens with one attached hydrogen (secondary N) is 4. The van der Waals surface area contributed by atoms with E-state index in [1.807, 2.05) is 0 Å². The summed E-state index contributed by atoms with van der Waals surface area (Å²) in [6, 6.07) is 3.03. The first-order valence-corrected chi connectivity index (χ1v) is 29.9. The van der Waals surface area contributed by atoms with Crippen LogP contribution < -0.4 is 31.6 Å². The lowest BCUT2D eigenvalue weighted by Crippen LogP contribution is -2.53. The lowest BCUT2D eigenvalue weighted by molar-refractivity contribution is -0.172. The van der Waals surface area contributed by atoms with Gasteiger partial charge in [0.05, 0.1) is 152 Å². The highest BCUT2D eigenvalue weighted by atomic mass is 16.6. The van der Waals surface area contributed by atoms with Crippen LogP contribution in [-0.4, -0.2) is 192 Å². The van der Waals surface area contributed by atoms with Crippen molar-refractivity contribution in [3.63, 3.8) is 0 Å². The molecular formula is C61H81N7O19. The summed E-state index contributed by atoms with van der Waals surface area (Å²) in [6.45, 7) is 13.3. The number of aromatic nitrogens is 2. The van der Waals surface area contributed by atoms with Crippen LogP contribution in [0.3, 0.4) is 0 Å². The molecule has 0 saturated heterocycles. The number of amides is 6. The molecule has 0 bridgehead atoms. The van der Waals surface area contributed by atoms with Crippen molar-refractivity contribution in [1.29, 1.82) is 0 Å². The lowest BCUT2D eigenvalue weighted by atomic mass is 9.81. The van der Waals surface area contributed by atoms with Crippen LogP contribution in [-0.2, 0) is 94.9 Å². The number of aliphatic hydroxyl groups is 1. The second-order valence-corrected chi connectivity index (χ2v) is 22.0. The molecule has 1 aliphatic carbocycles. The highest BCUT2D eigenvalue weighted by Gasteiger charge is 2.46. The maximum absolute atomic E-state index is 13.8. The molecule has 6 heterocycles. The summed E-state index contributed by atoms with van der Waals surface area (Å²) in [4.78, 5) is 109. The highest BCUT2D eigenvalue weighted by molar-refractivity contribution is 6.13. The molecule has 3 atom stereocenters. The highest BCUT2D eigenvalue weighted by Crippen LogP contribution is 2.45. The molecule has 6 amide bonds. The molecule has 4 aliphatic heterocycles. The van der Waals surface area contributed by atoms with Gasteiger partial charge < -0.3 is 78.3 Å². The third kappa shape index (κ3) is 17.2. The minimum atomic E-state index is -1.96. The van der Waals surface area contributed by atoms with Crippen LogP contribution in [0, 0.1) is 17.8 Å². The van der Waals surface area contributed by atoms with E-state index in [0.717, 1.165) is 36.8 Å². The quantitative estimate of drug-likeness (QED) is 0.0246. The van der Waals surface area contributed by atoms with Gasteiger partial charge in [-0.25, -0.2) is 9.78 Å². The molecule has 3 aromatic rings. The van der Waals surface area contributed by atoms with E-state index in [0.29, 0.717) is 139 Å². The summed E-state index contributed by atoms with van der Waals surface area (Å²) in [7, 11) is 0. The van der Waals surface area contributed by atoms with Crippen molar-refractivity contribution in [2.45, 2.75) is 97.1 Å². The molecule has 2 aromatic heterocycles. The maximum Gasteiger partial charge on any atom is 0.343 e. The van der Waals surface area contributed by atoms with Crippen LogP contribution in [0.1, 0.15) is 88.5 Å². The fourth-order valence-corrected chi connectivity index (χ4v) is 10.8. The number of hydrogen-bond acceptors (Lipinski definition) is 20. The van der Waals surface area contributed by atoms with Crippen LogP contribution >= 0.6 is 0 Å². The Bertz CT molecular complexity index is 3050. The lowest BCUT2D eigenvalue weighted by Gasteiger charge is -2.31. The molecule has 1 aromatic carbocycles. The summed E-state index contributed by atoms with van der Waals surface area (Å²) in [5.41, 5.74) is 1.33. The summed E-state index contributed by atoms with van der Waals surface area (Å²) in [5.74, 6) is -2.62. The van der Waals surface area contributed by atoms with E-state index in [4.69, 9.17) is 52.4 Å². The van der Waals surface area contributed by atoms with Crippen LogP contribution in [0.15, 0.2) is 41.4 Å². The van der Waals surface area contributed by atoms with Gasteiger partial charge >= 0.3 is 5.97 Å². The monoisotopic (exact) mass is 1220 g/mol. The predicted molar refractivity (Wildman–Crippen MR) is 313 cm³/mol. The van der Waals surface area contributed by atoms with Crippen molar-refractivity contribution >= 4 is 64.1 Å². The zero-order valence-electron chi connectivity index (χ0n) is 50.0. The summed E-state index contributed by atoms with van der Waals surface area (Å²) < 4.78 is 57.0. The molecule has 0 unspecified atom stereocenters. The van der Waals surface area contributed by atoms with Crippen molar-refractivity contribution in [3.05, 3.63) is 69.2 Å². The topological polar surface area (TPSA) is 318 Å². The van der Waals surface area contributed by atoms with E-state index < -0.39 is 41.4 Å². The molecular weight excluding hydrogens is 1130 g/mol. The number of carbonyl (C=O) groups is 7. The zero-order chi connectivity index (χ0) is 61.9. The van der Waals surface area contributed by atoms with Crippen molar-refractivity contribution in [2.24, 2.45) is 17.8 Å². The number of carbonyl (C=O) groups excluding carboxylic acids is 7. The van der Waals surface area contributed by atoms with Crippen molar-refractivity contribution < 1.29 is 86.0 Å². The van der Waals surface area contributed by atoms with E-state index in [-0.39, 0.29) is 91.4 Å². The van der Waals surface area contributed by atoms with Gasteiger partial charge in [-0.05, 0) is 80.7 Å². The summed E-state index contributed by atoms with van der Waals surface area (Å²) >= 11 is 0. The van der Waals surface area contributed by atoms with Crippen LogP contribution in [0.5, 0.6) is 5.75 Å². The Morgan fingerprint density at radius 2 is 1.30 bits per heavy atom. The number of ether oxygens (including phenoxy) is 10. The van der Waals surface area contributed by atoms with Crippen molar-refractivity contribution in [3.8, 4) is 17.1 Å². The van der Waals surface area contributed by atoms with E-state index in [1.165, 1.54) is 30.2 Å². The minimum Gasteiger partial charge on any atom is -0.462 e. The Balaban J connectivity index is 0.594. The number of nitrogens with zero attached hydrogens (tertiary/aromatic N) is 3. The molecule has 26 heteroatoms. The molecule has 26 nitrogen and oxygen atoms in total. The second-order valence-electron chi connectivity index (χ2n) is 22.0. The standard InChI is InChI=1S/C61H81N7O19/c1-5-61(77)45-34-48-54-43(36-67(48)59(75)44(45)37-87-60(61)76)42-14-18-86-55-47(11-10-46(64-54)52(42)55)65-56(72)39(4)63-58(74)53(38(2)3)66-49(69)15-17-78-20-22-80-24-26-82-28-30-84-32-33-85-31-29-83-27-25-81-23-21-79-19-16-62-57(73)41-8-6-40(7-9-41)35-68-50(70)12-13-51(68)71/h10-14,18,34,38-41,53,77H,5-9,15-17,19-33,35-37H2,1-4H3,(H,62,73)(H,63,74)(H,65,72)(H,66,69)/t39-,40?,41?,53-,61-/m0/s1. The Kier molecular flexibility index (Phi) is 24.5. The summed E-state index contributed by atoms with van der Waals surface area (Å²) in [5, 5.41) is 23.1. The van der Waals surface area contributed by atoms with E-state index in [9.17, 15) is 43.5 Å². The Hall–Kier alpha value is -7.01. The number of imide groups is 1. The first-order valence-electron chi connectivity index (χ1n) is 29.9. The van der Waals surface area contributed by atoms with E-state index >= 15 is 0 Å². The van der Waals surface area contributed by atoms with Gasteiger partial charge in [0.25, 0.3) is 17.4 Å². The van der Waals surface area contributed by atoms with Crippen LogP contribution in [0.2, 0.25) is 0 Å². The number of fused-ring (bicyclic) bond motifs is 5. The molecule has 1 fully saturated rings. The third-order valence-corrected chi connectivity index (χ3v) is 15.7. The molecule has 0 radical (unpaired) electrons. The minimum absolute atomic E-state index is 0.00114. The van der Waals surface area contributed by atoms with Crippen molar-refractivity contribution in [1.82, 2.24) is 30.4 Å². The van der Waals surface area contributed by atoms with Gasteiger partial charge in [-0.2, -0.15) is 0 Å². The summed E-state index contributed by atoms with van der Waals surface area (Å²) in [6.07, 6.45) is 8.93. The van der Waals surface area contributed by atoms with Crippen molar-refractivity contribution in [2.75, 3.05) is 124 Å². The number of pyridine rings is 2. The molecule has 8 rings (SSSR count). The number of hydrogen-bond donors (Lipinski definition) is 5. The maximum atomic E-state index is 13.8. The molecule has 5 aliphatic rings. The Morgan fingerprint density at radius 1 is 0.724 bits per heavy atom. The molecule has 0 spiro atoms.